The van der Waals surface area contributed by atoms with E-state index in [0.29, 0.717) is 98.9 Å². The minimum Gasteiger partial charge on any atom is -0.468 e. The van der Waals surface area contributed by atoms with Gasteiger partial charge in [-0.25, -0.2) is 0 Å². The SMILES string of the molecule is COCCNCCOCCOCC(COCCOCCNCCOC)(COCCOCCNCCOC)COCCOCC(=O)NCC(=O)OC. The molecule has 0 aromatic carbocycles. The van der Waals surface area contributed by atoms with E-state index in [2.05, 4.69) is 26.0 Å². The van der Waals surface area contributed by atoms with E-state index >= 15 is 0 Å². The molecule has 0 aromatic rings. The molecule has 1 amide bonds. The molecular weight excluding hydrogens is 676 g/mol. The summed E-state index contributed by atoms with van der Waals surface area (Å²) in [4.78, 5) is 23.1. The maximum atomic E-state index is 11.9. The molecule has 0 spiro atoms. The van der Waals surface area contributed by atoms with Gasteiger partial charge in [0.05, 0.1) is 131 Å². The lowest BCUT2D eigenvalue weighted by Crippen LogP contribution is -2.43. The van der Waals surface area contributed by atoms with Gasteiger partial charge in [-0.3, -0.25) is 9.59 Å². The molecule has 0 saturated heterocycles. The topological polar surface area (TPSA) is 193 Å². The van der Waals surface area contributed by atoms with Gasteiger partial charge < -0.3 is 78.1 Å². The number of rotatable bonds is 42. The molecule has 0 aliphatic heterocycles. The Hall–Kier alpha value is -1.62. The lowest BCUT2D eigenvalue weighted by molar-refractivity contribution is -0.141. The molecular formula is C33H68N4O14. The molecule has 0 aliphatic rings. The number of amides is 1. The summed E-state index contributed by atoms with van der Waals surface area (Å²) in [7, 11) is 6.25. The smallest absolute Gasteiger partial charge is 0.325 e. The Morgan fingerprint density at radius 1 is 0.431 bits per heavy atom. The van der Waals surface area contributed by atoms with Crippen LogP contribution in [-0.4, -0.2) is 212 Å². The predicted molar refractivity (Wildman–Crippen MR) is 188 cm³/mol. The number of esters is 1. The van der Waals surface area contributed by atoms with E-state index in [0.717, 1.165) is 19.6 Å². The van der Waals surface area contributed by atoms with E-state index in [1.165, 1.54) is 7.11 Å². The second-order valence-electron chi connectivity index (χ2n) is 11.2. The Balaban J connectivity index is 4.99. The summed E-state index contributed by atoms with van der Waals surface area (Å²) in [6.45, 7) is 11.5. The first kappa shape index (κ1) is 49.4. The van der Waals surface area contributed by atoms with Gasteiger partial charge in [0, 0.05) is 60.6 Å². The van der Waals surface area contributed by atoms with Crippen LogP contribution < -0.4 is 21.3 Å². The van der Waals surface area contributed by atoms with Crippen LogP contribution in [0.4, 0.5) is 0 Å². The highest BCUT2D eigenvalue weighted by atomic mass is 16.6. The van der Waals surface area contributed by atoms with Gasteiger partial charge in [-0.1, -0.05) is 0 Å². The van der Waals surface area contributed by atoms with E-state index < -0.39 is 17.3 Å². The molecule has 0 heterocycles. The fourth-order valence-electron chi connectivity index (χ4n) is 3.97. The van der Waals surface area contributed by atoms with Gasteiger partial charge in [0.15, 0.2) is 0 Å². The molecule has 0 unspecified atom stereocenters. The Kier molecular flexibility index (Phi) is 38.3. The first-order chi connectivity index (χ1) is 25.0. The Morgan fingerprint density at radius 2 is 0.765 bits per heavy atom. The fourth-order valence-corrected chi connectivity index (χ4v) is 3.97. The first-order valence-electron chi connectivity index (χ1n) is 17.6. The van der Waals surface area contributed by atoms with Crippen molar-refractivity contribution in [2.75, 3.05) is 200 Å². The van der Waals surface area contributed by atoms with Crippen LogP contribution in [0.3, 0.4) is 0 Å². The summed E-state index contributed by atoms with van der Waals surface area (Å²) in [6.07, 6.45) is 0. The fraction of sp³-hybridized carbons (Fsp3) is 0.939. The average molecular weight is 745 g/mol. The lowest BCUT2D eigenvalue weighted by Gasteiger charge is -2.33. The molecule has 18 heteroatoms. The molecule has 0 fully saturated rings. The number of hydrogen-bond acceptors (Lipinski definition) is 17. The largest absolute Gasteiger partial charge is 0.468 e. The molecule has 18 nitrogen and oxygen atoms in total. The summed E-state index contributed by atoms with van der Waals surface area (Å²) >= 11 is 0. The number of carbonyl (C=O) groups is 2. The quantitative estimate of drug-likeness (QED) is 0.0400. The van der Waals surface area contributed by atoms with Gasteiger partial charge >= 0.3 is 5.97 Å². The zero-order valence-corrected chi connectivity index (χ0v) is 31.6. The molecule has 0 radical (unpaired) electrons. The molecule has 0 atom stereocenters. The van der Waals surface area contributed by atoms with Crippen molar-refractivity contribution in [1.29, 1.82) is 0 Å². The van der Waals surface area contributed by atoms with Gasteiger partial charge in [0.1, 0.15) is 13.2 Å². The van der Waals surface area contributed by atoms with E-state index in [1.807, 2.05) is 0 Å². The number of methoxy groups -OCH3 is 4. The second-order valence-corrected chi connectivity index (χ2v) is 11.2. The summed E-state index contributed by atoms with van der Waals surface area (Å²) in [5.74, 6) is -0.974. The maximum Gasteiger partial charge on any atom is 0.325 e. The minimum absolute atomic E-state index is 0.162. The third-order valence-electron chi connectivity index (χ3n) is 6.73. The van der Waals surface area contributed by atoms with Crippen molar-refractivity contribution in [3.8, 4) is 0 Å². The first-order valence-corrected chi connectivity index (χ1v) is 17.6. The number of nitrogens with one attached hydrogen (secondary N) is 4. The molecule has 0 aromatic heterocycles. The molecule has 0 saturated carbocycles. The highest BCUT2D eigenvalue weighted by Gasteiger charge is 2.32. The van der Waals surface area contributed by atoms with Crippen LogP contribution in [0.25, 0.3) is 0 Å². The van der Waals surface area contributed by atoms with Crippen LogP contribution in [0.15, 0.2) is 0 Å². The molecule has 51 heavy (non-hydrogen) atoms. The molecule has 0 rings (SSSR count). The van der Waals surface area contributed by atoms with Crippen molar-refractivity contribution >= 4 is 11.9 Å². The molecule has 0 aliphatic carbocycles. The van der Waals surface area contributed by atoms with Gasteiger partial charge in [0.2, 0.25) is 5.91 Å². The summed E-state index contributed by atoms with van der Waals surface area (Å²) in [5, 5.41) is 12.1. The maximum absolute atomic E-state index is 11.9. The van der Waals surface area contributed by atoms with Gasteiger partial charge in [0.25, 0.3) is 0 Å². The number of ether oxygens (including phenoxy) is 12. The Bertz CT molecular complexity index is 701. The van der Waals surface area contributed by atoms with Crippen LogP contribution in [0.1, 0.15) is 0 Å². The highest BCUT2D eigenvalue weighted by Crippen LogP contribution is 2.21. The van der Waals surface area contributed by atoms with Gasteiger partial charge in [-0.15, -0.1) is 0 Å². The van der Waals surface area contributed by atoms with Crippen LogP contribution in [-0.2, 0) is 66.4 Å². The third kappa shape index (κ3) is 35.2. The molecule has 4 N–H and O–H groups in total. The molecule has 0 bridgehead atoms. The van der Waals surface area contributed by atoms with Crippen molar-refractivity contribution in [2.24, 2.45) is 5.41 Å². The van der Waals surface area contributed by atoms with Crippen LogP contribution >= 0.6 is 0 Å². The van der Waals surface area contributed by atoms with Crippen molar-refractivity contribution in [1.82, 2.24) is 21.3 Å². The highest BCUT2D eigenvalue weighted by molar-refractivity contribution is 5.82. The van der Waals surface area contributed by atoms with Gasteiger partial charge in [-0.2, -0.15) is 0 Å². The number of hydrogen-bond donors (Lipinski definition) is 4. The predicted octanol–water partition coefficient (Wildman–Crippen LogP) is -1.90. The number of carbonyl (C=O) groups excluding carboxylic acids is 2. The normalized spacial score (nSPS) is 11.7. The Labute approximate surface area is 304 Å². The zero-order valence-electron chi connectivity index (χ0n) is 31.6. The van der Waals surface area contributed by atoms with E-state index in [9.17, 15) is 9.59 Å². The lowest BCUT2D eigenvalue weighted by atomic mass is 9.92. The molecule has 304 valence electrons. The van der Waals surface area contributed by atoms with Crippen molar-refractivity contribution in [3.63, 3.8) is 0 Å². The van der Waals surface area contributed by atoms with Crippen molar-refractivity contribution < 1.29 is 66.4 Å². The van der Waals surface area contributed by atoms with E-state index in [-0.39, 0.29) is 52.8 Å². The minimum atomic E-state index is -0.664. The van der Waals surface area contributed by atoms with Crippen molar-refractivity contribution in [3.05, 3.63) is 0 Å². The Morgan fingerprint density at radius 3 is 1.12 bits per heavy atom. The second kappa shape index (κ2) is 39.6. The van der Waals surface area contributed by atoms with Crippen LogP contribution in [0, 0.1) is 5.41 Å². The van der Waals surface area contributed by atoms with Crippen molar-refractivity contribution in [2.45, 2.75) is 0 Å². The summed E-state index contributed by atoms with van der Waals surface area (Å²) in [5.41, 5.74) is -0.664. The van der Waals surface area contributed by atoms with Crippen LogP contribution in [0.5, 0.6) is 0 Å². The standard InChI is InChI=1S/C33H68N4O14/c1-40-11-5-34-8-14-44-17-21-48-27-33(28-49-22-18-45-15-9-35-6-12-41-2,29-50-23-19-46-16-10-36-7-13-42-3)30-51-24-20-47-26-31(38)37-25-32(39)43-4/h34-36H,5-30H2,1-4H3,(H,37,38). The summed E-state index contributed by atoms with van der Waals surface area (Å²) in [6, 6.07) is 0. The zero-order chi connectivity index (χ0) is 37.4. The third-order valence-corrected chi connectivity index (χ3v) is 6.73. The van der Waals surface area contributed by atoms with E-state index in [1.54, 1.807) is 21.3 Å². The van der Waals surface area contributed by atoms with Gasteiger partial charge in [-0.05, 0) is 0 Å². The van der Waals surface area contributed by atoms with E-state index in [4.69, 9.17) is 52.1 Å². The summed E-state index contributed by atoms with van der Waals surface area (Å²) < 4.78 is 66.3. The average Bonchev–Trinajstić information content (AvgIpc) is 3.14. The van der Waals surface area contributed by atoms with Crippen LogP contribution in [0.2, 0.25) is 0 Å². The monoisotopic (exact) mass is 744 g/mol.